The number of hydrogen-bond acceptors (Lipinski definition) is 5. The van der Waals surface area contributed by atoms with Gasteiger partial charge in [-0.2, -0.15) is 0 Å². The summed E-state index contributed by atoms with van der Waals surface area (Å²) in [4.78, 5) is 27.3. The highest BCUT2D eigenvalue weighted by molar-refractivity contribution is 6.35. The number of likely N-dealkylation sites (N-methyl/N-ethyl adjacent to an activating group) is 1. The number of rotatable bonds is 5. The topological polar surface area (TPSA) is 84.7 Å². The second-order valence-electron chi connectivity index (χ2n) is 8.55. The van der Waals surface area contributed by atoms with E-state index in [0.717, 1.165) is 5.56 Å². The Labute approximate surface area is 206 Å². The summed E-state index contributed by atoms with van der Waals surface area (Å²) in [6.07, 6.45) is 0. The predicted molar refractivity (Wildman–Crippen MR) is 130 cm³/mol. The number of nitrogens with one attached hydrogen (secondary N) is 1. The van der Waals surface area contributed by atoms with Crippen LogP contribution in [0, 0.1) is 10.1 Å². The summed E-state index contributed by atoms with van der Waals surface area (Å²) in [5, 5.41) is 16.4. The molecule has 0 aromatic heterocycles. The fourth-order valence-corrected chi connectivity index (χ4v) is 5.74. The van der Waals surface area contributed by atoms with E-state index in [1.807, 2.05) is 18.2 Å². The number of nitrogens with zero attached hydrogens (tertiary/aromatic N) is 2. The first kappa shape index (κ1) is 22.7. The highest BCUT2D eigenvalue weighted by Gasteiger charge is 2.68. The van der Waals surface area contributed by atoms with Crippen LogP contribution in [0.3, 0.4) is 0 Å². The third-order valence-corrected chi connectivity index (χ3v) is 7.34. The molecule has 0 aliphatic carbocycles. The van der Waals surface area contributed by atoms with Crippen molar-refractivity contribution in [1.82, 2.24) is 4.90 Å². The zero-order valence-electron chi connectivity index (χ0n) is 18.2. The van der Waals surface area contributed by atoms with Crippen molar-refractivity contribution in [3.8, 4) is 5.75 Å². The maximum Gasteiger partial charge on any atom is 0.256 e. The number of halogens is 2. The van der Waals surface area contributed by atoms with Gasteiger partial charge in [-0.15, -0.1) is 0 Å². The van der Waals surface area contributed by atoms with Crippen molar-refractivity contribution in [2.24, 2.45) is 0 Å². The fourth-order valence-electron chi connectivity index (χ4n) is 5.27. The number of anilines is 1. The van der Waals surface area contributed by atoms with Crippen LogP contribution in [0.15, 0.2) is 66.7 Å². The molecule has 3 atom stereocenters. The third-order valence-electron chi connectivity index (χ3n) is 6.76. The molecule has 34 heavy (non-hydrogen) atoms. The van der Waals surface area contributed by atoms with Gasteiger partial charge in [0.2, 0.25) is 0 Å². The maximum absolute atomic E-state index is 13.3. The van der Waals surface area contributed by atoms with Crippen LogP contribution in [-0.2, 0) is 16.9 Å². The fraction of sp³-hybridized carbons (Fsp3) is 0.240. The first-order valence-electron chi connectivity index (χ1n) is 10.8. The van der Waals surface area contributed by atoms with Crippen molar-refractivity contribution in [1.29, 1.82) is 0 Å². The van der Waals surface area contributed by atoms with Gasteiger partial charge in [0.15, 0.2) is 5.54 Å². The highest BCUT2D eigenvalue weighted by Crippen LogP contribution is 2.53. The zero-order chi connectivity index (χ0) is 24.0. The van der Waals surface area contributed by atoms with Crippen LogP contribution < -0.4 is 10.1 Å². The monoisotopic (exact) mass is 497 g/mol. The molecule has 0 bridgehead atoms. The lowest BCUT2D eigenvalue weighted by atomic mass is 9.79. The molecule has 1 fully saturated rings. The third kappa shape index (κ3) is 3.43. The van der Waals surface area contributed by atoms with Gasteiger partial charge in [0.1, 0.15) is 12.4 Å². The summed E-state index contributed by atoms with van der Waals surface area (Å²) in [5.74, 6) is -0.442. The molecule has 3 aromatic rings. The molecule has 1 saturated heterocycles. The lowest BCUT2D eigenvalue weighted by Crippen LogP contribution is -2.54. The Morgan fingerprint density at radius 1 is 1.15 bits per heavy atom. The number of ether oxygens (including phenoxy) is 1. The molecule has 0 unspecified atom stereocenters. The molecule has 2 aliphatic heterocycles. The maximum atomic E-state index is 13.3. The average Bonchev–Trinajstić information content (AvgIpc) is 3.28. The van der Waals surface area contributed by atoms with Gasteiger partial charge in [-0.1, -0.05) is 65.7 Å². The minimum absolute atomic E-state index is 0.174. The van der Waals surface area contributed by atoms with Gasteiger partial charge in [0.05, 0.1) is 5.92 Å². The van der Waals surface area contributed by atoms with E-state index in [1.165, 1.54) is 0 Å². The van der Waals surface area contributed by atoms with E-state index in [4.69, 9.17) is 27.9 Å². The molecule has 0 radical (unpaired) electrons. The number of carbonyl (C=O) groups is 1. The molecule has 1 amide bonds. The van der Waals surface area contributed by atoms with Crippen molar-refractivity contribution >= 4 is 34.8 Å². The number of para-hydroxylation sites is 2. The van der Waals surface area contributed by atoms with E-state index in [0.29, 0.717) is 39.2 Å². The van der Waals surface area contributed by atoms with Crippen LogP contribution >= 0.6 is 23.2 Å². The highest BCUT2D eigenvalue weighted by atomic mass is 35.5. The van der Waals surface area contributed by atoms with Gasteiger partial charge in [0, 0.05) is 43.9 Å². The average molecular weight is 498 g/mol. The van der Waals surface area contributed by atoms with Gasteiger partial charge < -0.3 is 10.1 Å². The van der Waals surface area contributed by atoms with E-state index in [-0.39, 0.29) is 17.4 Å². The Morgan fingerprint density at radius 3 is 2.65 bits per heavy atom. The standard InChI is InChI=1S/C25H21Cl2N3O4/c1-29-13-18(23(30(32)33)25(29)19-7-3-4-8-21(19)28-24(25)31)17-6-2-5-9-22(17)34-14-15-10-11-16(26)12-20(15)27/h2-12,18,23H,13-14H2,1H3,(H,28,31)/t18-,23-,25-/m1/s1. The summed E-state index contributed by atoms with van der Waals surface area (Å²) in [6.45, 7) is 0.489. The van der Waals surface area contributed by atoms with E-state index < -0.39 is 17.5 Å². The molecule has 3 aromatic carbocycles. The van der Waals surface area contributed by atoms with Crippen molar-refractivity contribution in [3.05, 3.63) is 104 Å². The minimum atomic E-state index is -1.41. The van der Waals surface area contributed by atoms with Crippen LogP contribution in [0.25, 0.3) is 0 Å². The van der Waals surface area contributed by atoms with Crippen molar-refractivity contribution in [3.63, 3.8) is 0 Å². The lowest BCUT2D eigenvalue weighted by Gasteiger charge is -2.30. The van der Waals surface area contributed by atoms with Crippen LogP contribution in [0.5, 0.6) is 5.75 Å². The van der Waals surface area contributed by atoms with E-state index in [9.17, 15) is 14.9 Å². The van der Waals surface area contributed by atoms with Crippen LogP contribution in [0.2, 0.25) is 10.0 Å². The summed E-state index contributed by atoms with van der Waals surface area (Å²) in [6, 6.07) is 18.3. The largest absolute Gasteiger partial charge is 0.489 e. The van der Waals surface area contributed by atoms with Crippen molar-refractivity contribution in [2.45, 2.75) is 24.1 Å². The predicted octanol–water partition coefficient (Wildman–Crippen LogP) is 5.09. The number of benzene rings is 3. The summed E-state index contributed by atoms with van der Waals surface area (Å²) >= 11 is 12.3. The van der Waals surface area contributed by atoms with Gasteiger partial charge in [-0.25, -0.2) is 0 Å². The van der Waals surface area contributed by atoms with E-state index in [2.05, 4.69) is 5.32 Å². The number of likely N-dealkylation sites (tertiary alicyclic amines) is 1. The Bertz CT molecular complexity index is 1300. The molecule has 174 valence electrons. The van der Waals surface area contributed by atoms with Crippen LogP contribution in [0.4, 0.5) is 5.69 Å². The van der Waals surface area contributed by atoms with Gasteiger partial charge >= 0.3 is 0 Å². The molecule has 2 aliphatic rings. The SMILES string of the molecule is CN1C[C@H](c2ccccc2OCc2ccc(Cl)cc2Cl)[C@@H]([N+](=O)[O-])[C@]12C(=O)Nc1ccccc12. The smallest absolute Gasteiger partial charge is 0.256 e. The number of fused-ring (bicyclic) bond motifs is 2. The first-order chi connectivity index (χ1) is 16.3. The Hall–Kier alpha value is -3.13. The number of hydrogen-bond donors (Lipinski definition) is 1. The minimum Gasteiger partial charge on any atom is -0.489 e. The molecule has 1 N–H and O–H groups in total. The Balaban J connectivity index is 1.54. The molecule has 0 saturated carbocycles. The molecule has 9 heteroatoms. The van der Waals surface area contributed by atoms with Crippen LogP contribution in [0.1, 0.15) is 22.6 Å². The second-order valence-corrected chi connectivity index (χ2v) is 9.39. The van der Waals surface area contributed by atoms with E-state index in [1.54, 1.807) is 60.5 Å². The zero-order valence-corrected chi connectivity index (χ0v) is 19.7. The van der Waals surface area contributed by atoms with E-state index >= 15 is 0 Å². The molecular weight excluding hydrogens is 477 g/mol. The van der Waals surface area contributed by atoms with Crippen molar-refractivity contribution < 1.29 is 14.5 Å². The normalized spacial score (nSPS) is 23.7. The van der Waals surface area contributed by atoms with Crippen molar-refractivity contribution in [2.75, 3.05) is 18.9 Å². The van der Waals surface area contributed by atoms with Gasteiger partial charge in [-0.05, 0) is 31.3 Å². The molecule has 7 nitrogen and oxygen atoms in total. The Morgan fingerprint density at radius 2 is 1.88 bits per heavy atom. The molecule has 5 rings (SSSR count). The number of nitro groups is 1. The molecular formula is C25H21Cl2N3O4. The molecule has 2 heterocycles. The first-order valence-corrected chi connectivity index (χ1v) is 11.5. The summed E-state index contributed by atoms with van der Waals surface area (Å²) in [7, 11) is 1.76. The summed E-state index contributed by atoms with van der Waals surface area (Å²) < 4.78 is 6.10. The Kier molecular flexibility index (Phi) is 5.72. The quantitative estimate of drug-likeness (QED) is 0.391. The number of carbonyl (C=O) groups excluding carboxylic acids is 1. The number of amides is 1. The molecule has 1 spiro atoms. The second kappa shape index (κ2) is 8.58. The summed E-state index contributed by atoms with van der Waals surface area (Å²) in [5.41, 5.74) is 1.25. The van der Waals surface area contributed by atoms with Gasteiger partial charge in [0.25, 0.3) is 11.9 Å². The van der Waals surface area contributed by atoms with Gasteiger partial charge in [-0.3, -0.25) is 19.8 Å². The lowest BCUT2D eigenvalue weighted by molar-refractivity contribution is -0.534. The van der Waals surface area contributed by atoms with Crippen LogP contribution in [-0.4, -0.2) is 35.4 Å².